The number of rotatable bonds is 6. The Kier molecular flexibility index (Phi) is 5.25. The topological polar surface area (TPSA) is 57.1 Å². The van der Waals surface area contributed by atoms with Crippen molar-refractivity contribution in [3.05, 3.63) is 71.7 Å². The first kappa shape index (κ1) is 16.9. The van der Waals surface area contributed by atoms with Crippen molar-refractivity contribution in [1.82, 2.24) is 15.0 Å². The summed E-state index contributed by atoms with van der Waals surface area (Å²) in [6.45, 7) is 0.346. The molecule has 0 aliphatic heterocycles. The molecule has 0 atom stereocenters. The Morgan fingerprint density at radius 2 is 1.72 bits per heavy atom. The molecule has 2 heterocycles. The molecule has 3 aromatic rings. The highest BCUT2D eigenvalue weighted by atomic mass is 19.2. The molecule has 5 nitrogen and oxygen atoms in total. The van der Waals surface area contributed by atoms with E-state index in [1.165, 1.54) is 6.07 Å². The van der Waals surface area contributed by atoms with E-state index in [4.69, 9.17) is 9.47 Å². The van der Waals surface area contributed by atoms with Crippen molar-refractivity contribution in [2.24, 2.45) is 0 Å². The highest BCUT2D eigenvalue weighted by Crippen LogP contribution is 2.20. The number of halogens is 2. The molecule has 3 rings (SSSR count). The summed E-state index contributed by atoms with van der Waals surface area (Å²) in [5.41, 5.74) is 1.92. The molecule has 1 aromatic carbocycles. The Hall–Kier alpha value is -2.93. The van der Waals surface area contributed by atoms with Crippen LogP contribution in [0.2, 0.25) is 0 Å². The van der Waals surface area contributed by atoms with E-state index in [0.717, 1.165) is 17.7 Å². The van der Waals surface area contributed by atoms with Crippen LogP contribution >= 0.6 is 0 Å². The van der Waals surface area contributed by atoms with Crippen LogP contribution in [0.1, 0.15) is 11.3 Å². The van der Waals surface area contributed by atoms with Gasteiger partial charge in [-0.3, -0.25) is 4.98 Å². The molecule has 0 unspecified atom stereocenters. The number of pyridine rings is 1. The van der Waals surface area contributed by atoms with Crippen LogP contribution in [-0.4, -0.2) is 22.1 Å². The predicted octanol–water partition coefficient (Wildman–Crippen LogP) is 3.54. The fraction of sp³-hybridized carbons (Fsp3) is 0.167. The Bertz CT molecular complexity index is 860. The molecule has 0 aliphatic carbocycles. The van der Waals surface area contributed by atoms with Gasteiger partial charge in [-0.25, -0.2) is 13.8 Å². The van der Waals surface area contributed by atoms with Crippen molar-refractivity contribution in [2.75, 3.05) is 7.11 Å². The van der Waals surface area contributed by atoms with Crippen LogP contribution in [-0.2, 0) is 18.0 Å². The summed E-state index contributed by atoms with van der Waals surface area (Å²) in [7, 11) is 1.57. The van der Waals surface area contributed by atoms with Gasteiger partial charge in [-0.05, 0) is 29.8 Å². The van der Waals surface area contributed by atoms with Gasteiger partial charge in [-0.2, -0.15) is 4.98 Å². The summed E-state index contributed by atoms with van der Waals surface area (Å²) in [6, 6.07) is 8.83. The molecule has 7 heteroatoms. The predicted molar refractivity (Wildman–Crippen MR) is 86.7 cm³/mol. The van der Waals surface area contributed by atoms with E-state index in [1.54, 1.807) is 37.7 Å². The quantitative estimate of drug-likeness (QED) is 0.685. The van der Waals surface area contributed by atoms with Crippen LogP contribution < -0.4 is 4.74 Å². The fourth-order valence-corrected chi connectivity index (χ4v) is 2.19. The highest BCUT2D eigenvalue weighted by Gasteiger charge is 2.09. The second-order valence-electron chi connectivity index (χ2n) is 5.23. The molecule has 2 aromatic heterocycles. The third kappa shape index (κ3) is 4.33. The van der Waals surface area contributed by atoms with E-state index in [-0.39, 0.29) is 6.61 Å². The largest absolute Gasteiger partial charge is 0.473 e. The molecule has 0 fully saturated rings. The molecule has 25 heavy (non-hydrogen) atoms. The Balaban J connectivity index is 1.84. The van der Waals surface area contributed by atoms with Crippen molar-refractivity contribution < 1.29 is 18.3 Å². The van der Waals surface area contributed by atoms with Gasteiger partial charge in [-0.1, -0.05) is 6.07 Å². The summed E-state index contributed by atoms with van der Waals surface area (Å²) >= 11 is 0. The zero-order valence-corrected chi connectivity index (χ0v) is 13.4. The highest BCUT2D eigenvalue weighted by molar-refractivity contribution is 5.54. The second-order valence-corrected chi connectivity index (χ2v) is 5.23. The van der Waals surface area contributed by atoms with Gasteiger partial charge in [0, 0.05) is 31.1 Å². The van der Waals surface area contributed by atoms with Crippen LogP contribution in [0, 0.1) is 11.6 Å². The van der Waals surface area contributed by atoms with Crippen LogP contribution in [0.4, 0.5) is 8.78 Å². The molecular weight excluding hydrogens is 328 g/mol. The van der Waals surface area contributed by atoms with Gasteiger partial charge in [-0.15, -0.1) is 0 Å². The number of nitrogens with zero attached hydrogens (tertiary/aromatic N) is 3. The summed E-state index contributed by atoms with van der Waals surface area (Å²) < 4.78 is 37.0. The zero-order chi connectivity index (χ0) is 17.6. The van der Waals surface area contributed by atoms with Gasteiger partial charge in [0.05, 0.1) is 12.3 Å². The van der Waals surface area contributed by atoms with Gasteiger partial charge in [0.25, 0.3) is 0 Å². The minimum atomic E-state index is -0.915. The Morgan fingerprint density at radius 1 is 0.920 bits per heavy atom. The summed E-state index contributed by atoms with van der Waals surface area (Å²) in [5.74, 6) is -1.02. The molecule has 0 spiro atoms. The Labute approximate surface area is 143 Å². The average molecular weight is 343 g/mol. The first-order valence-corrected chi connectivity index (χ1v) is 7.50. The molecule has 0 amide bonds. The van der Waals surface area contributed by atoms with Crippen molar-refractivity contribution >= 4 is 0 Å². The van der Waals surface area contributed by atoms with Crippen LogP contribution in [0.25, 0.3) is 11.4 Å². The fourth-order valence-electron chi connectivity index (χ4n) is 2.19. The van der Waals surface area contributed by atoms with E-state index >= 15 is 0 Å². The summed E-state index contributed by atoms with van der Waals surface area (Å²) in [5, 5.41) is 0. The second kappa shape index (κ2) is 7.76. The number of aromatic nitrogens is 3. The van der Waals surface area contributed by atoms with Crippen LogP contribution in [0.3, 0.4) is 0 Å². The maximum Gasteiger partial charge on any atom is 0.217 e. The number of hydrogen-bond acceptors (Lipinski definition) is 5. The first-order chi connectivity index (χ1) is 12.2. The molecule has 0 saturated carbocycles. The molecule has 0 saturated heterocycles. The average Bonchev–Trinajstić information content (AvgIpc) is 2.63. The minimum absolute atomic E-state index is 0.0520. The van der Waals surface area contributed by atoms with Gasteiger partial charge in [0.1, 0.15) is 6.61 Å². The molecule has 0 bridgehead atoms. The van der Waals surface area contributed by atoms with Crippen molar-refractivity contribution in [2.45, 2.75) is 13.2 Å². The van der Waals surface area contributed by atoms with Gasteiger partial charge >= 0.3 is 0 Å². The minimum Gasteiger partial charge on any atom is -0.473 e. The van der Waals surface area contributed by atoms with E-state index in [0.29, 0.717) is 29.6 Å². The van der Waals surface area contributed by atoms with E-state index < -0.39 is 11.6 Å². The number of ether oxygens (including phenoxy) is 2. The van der Waals surface area contributed by atoms with E-state index in [9.17, 15) is 8.78 Å². The SMILES string of the molecule is COCc1cc(OCc2ccc(F)c(F)c2)nc(-c2ccncc2)n1. The number of benzene rings is 1. The number of methoxy groups -OCH3 is 1. The van der Waals surface area contributed by atoms with Crippen molar-refractivity contribution in [1.29, 1.82) is 0 Å². The molecule has 0 N–H and O–H groups in total. The third-order valence-corrected chi connectivity index (χ3v) is 3.36. The monoisotopic (exact) mass is 343 g/mol. The maximum atomic E-state index is 13.3. The van der Waals surface area contributed by atoms with Gasteiger partial charge in [0.15, 0.2) is 17.5 Å². The van der Waals surface area contributed by atoms with Crippen LogP contribution in [0.15, 0.2) is 48.8 Å². The lowest BCUT2D eigenvalue weighted by Gasteiger charge is -2.10. The molecule has 0 radical (unpaired) electrons. The van der Waals surface area contributed by atoms with Gasteiger partial charge < -0.3 is 9.47 Å². The smallest absolute Gasteiger partial charge is 0.217 e. The molecular formula is C18H15F2N3O2. The lowest BCUT2D eigenvalue weighted by Crippen LogP contribution is -2.03. The number of hydrogen-bond donors (Lipinski definition) is 0. The zero-order valence-electron chi connectivity index (χ0n) is 13.4. The summed E-state index contributed by atoms with van der Waals surface area (Å²) in [4.78, 5) is 12.7. The lowest BCUT2D eigenvalue weighted by atomic mass is 10.2. The maximum absolute atomic E-state index is 13.3. The van der Waals surface area contributed by atoms with Crippen molar-refractivity contribution in [3.8, 4) is 17.3 Å². The third-order valence-electron chi connectivity index (χ3n) is 3.36. The first-order valence-electron chi connectivity index (χ1n) is 7.50. The lowest BCUT2D eigenvalue weighted by molar-refractivity contribution is 0.180. The Morgan fingerprint density at radius 3 is 2.44 bits per heavy atom. The molecule has 0 aliphatic rings. The van der Waals surface area contributed by atoms with Crippen LogP contribution in [0.5, 0.6) is 5.88 Å². The van der Waals surface area contributed by atoms with Gasteiger partial charge in [0.2, 0.25) is 5.88 Å². The standard InChI is InChI=1S/C18H15F2N3O2/c1-24-11-14-9-17(23-18(22-14)13-4-6-21-7-5-13)25-10-12-2-3-15(19)16(20)8-12/h2-9H,10-11H2,1H3. The molecule has 128 valence electrons. The van der Waals surface area contributed by atoms with E-state index in [2.05, 4.69) is 15.0 Å². The van der Waals surface area contributed by atoms with E-state index in [1.807, 2.05) is 0 Å². The summed E-state index contributed by atoms with van der Waals surface area (Å²) in [6.07, 6.45) is 3.28. The normalized spacial score (nSPS) is 10.7. The van der Waals surface area contributed by atoms with Crippen molar-refractivity contribution in [3.63, 3.8) is 0 Å².